The monoisotopic (exact) mass is 401 g/mol. The molecule has 2 heterocycles. The molecule has 1 aromatic carbocycles. The summed E-state index contributed by atoms with van der Waals surface area (Å²) in [6.07, 6.45) is 1.53. The van der Waals surface area contributed by atoms with Gasteiger partial charge in [-0.3, -0.25) is 4.79 Å². The fourth-order valence-electron chi connectivity index (χ4n) is 2.34. The first-order chi connectivity index (χ1) is 13.6. The number of amides is 1. The smallest absolute Gasteiger partial charge is 0.253 e. The molecule has 28 heavy (non-hydrogen) atoms. The van der Waals surface area contributed by atoms with Crippen molar-refractivity contribution in [3.8, 4) is 10.8 Å². The van der Waals surface area contributed by atoms with Gasteiger partial charge in [-0.2, -0.15) is 0 Å². The highest BCUT2D eigenvalue weighted by molar-refractivity contribution is 7.13. The number of anilines is 1. The largest absolute Gasteiger partial charge is 0.447 e. The van der Waals surface area contributed by atoms with Gasteiger partial charge in [-0.25, -0.2) is 9.37 Å². The highest BCUT2D eigenvalue weighted by Gasteiger charge is 2.08. The van der Waals surface area contributed by atoms with Crippen molar-refractivity contribution >= 4 is 23.1 Å². The molecule has 8 heteroatoms. The lowest BCUT2D eigenvalue weighted by atomic mass is 10.2. The Labute approximate surface area is 166 Å². The molecule has 0 aliphatic heterocycles. The predicted octanol–water partition coefficient (Wildman–Crippen LogP) is 4.06. The van der Waals surface area contributed by atoms with Crippen LogP contribution in [-0.2, 0) is 11.3 Å². The van der Waals surface area contributed by atoms with Crippen LogP contribution in [0.15, 0.2) is 54.7 Å². The molecular formula is C20H20FN3O3S. The van der Waals surface area contributed by atoms with Crippen molar-refractivity contribution in [3.05, 3.63) is 71.0 Å². The van der Waals surface area contributed by atoms with Crippen molar-refractivity contribution < 1.29 is 18.7 Å². The zero-order chi connectivity index (χ0) is 19.8. The molecule has 0 spiro atoms. The molecule has 2 N–H and O–H groups in total. The SMILES string of the molecule is COCCNc1ccc(C(=O)NCc2ccc(Oc3cccc(F)c3)s2)cn1. The van der Waals surface area contributed by atoms with Gasteiger partial charge >= 0.3 is 0 Å². The molecule has 0 radical (unpaired) electrons. The Morgan fingerprint density at radius 3 is 2.86 bits per heavy atom. The molecule has 0 bridgehead atoms. The number of aromatic nitrogens is 1. The second kappa shape index (κ2) is 9.82. The molecule has 0 saturated carbocycles. The highest BCUT2D eigenvalue weighted by Crippen LogP contribution is 2.29. The molecule has 3 rings (SSSR count). The third kappa shape index (κ3) is 5.77. The summed E-state index contributed by atoms with van der Waals surface area (Å²) in [7, 11) is 1.63. The van der Waals surface area contributed by atoms with E-state index in [0.29, 0.717) is 41.9 Å². The first kappa shape index (κ1) is 19.8. The van der Waals surface area contributed by atoms with Crippen molar-refractivity contribution in [1.82, 2.24) is 10.3 Å². The minimum Gasteiger partial charge on any atom is -0.447 e. The highest BCUT2D eigenvalue weighted by atomic mass is 32.1. The Kier molecular flexibility index (Phi) is 6.94. The molecule has 0 saturated heterocycles. The van der Waals surface area contributed by atoms with E-state index in [9.17, 15) is 9.18 Å². The summed E-state index contributed by atoms with van der Waals surface area (Å²) < 4.78 is 23.8. The number of carbonyl (C=O) groups excluding carboxylic acids is 1. The van der Waals surface area contributed by atoms with Crippen molar-refractivity contribution in [3.63, 3.8) is 0 Å². The van der Waals surface area contributed by atoms with Crippen LogP contribution in [0.25, 0.3) is 0 Å². The van der Waals surface area contributed by atoms with E-state index in [-0.39, 0.29) is 11.7 Å². The molecule has 0 aliphatic rings. The summed E-state index contributed by atoms with van der Waals surface area (Å²) in [5.41, 5.74) is 0.477. The Hall–Kier alpha value is -2.97. The Bertz CT molecular complexity index is 915. The zero-order valence-electron chi connectivity index (χ0n) is 15.3. The molecule has 2 aromatic heterocycles. The van der Waals surface area contributed by atoms with Gasteiger partial charge in [0.05, 0.1) is 18.7 Å². The van der Waals surface area contributed by atoms with Crippen molar-refractivity contribution in [1.29, 1.82) is 0 Å². The summed E-state index contributed by atoms with van der Waals surface area (Å²) in [5.74, 6) is 0.556. The van der Waals surface area contributed by atoms with E-state index in [1.165, 1.54) is 29.7 Å². The minimum absolute atomic E-state index is 0.211. The van der Waals surface area contributed by atoms with Crippen molar-refractivity contribution in [2.45, 2.75) is 6.54 Å². The maximum atomic E-state index is 13.2. The van der Waals surface area contributed by atoms with Gasteiger partial charge in [0, 0.05) is 30.8 Å². The van der Waals surface area contributed by atoms with Gasteiger partial charge in [-0.15, -0.1) is 11.3 Å². The van der Waals surface area contributed by atoms with Crippen LogP contribution in [0.2, 0.25) is 0 Å². The Balaban J connectivity index is 1.50. The normalized spacial score (nSPS) is 10.5. The summed E-state index contributed by atoms with van der Waals surface area (Å²) in [6.45, 7) is 1.59. The standard InChI is InChI=1S/C20H20FN3O3S/c1-26-10-9-22-18-7-5-14(12-23-18)20(25)24-13-17-6-8-19(28-17)27-16-4-2-3-15(21)11-16/h2-8,11-12H,9-10,13H2,1H3,(H,22,23)(H,24,25). The fourth-order valence-corrected chi connectivity index (χ4v) is 3.15. The molecular weight excluding hydrogens is 381 g/mol. The number of pyridine rings is 1. The van der Waals surface area contributed by atoms with Gasteiger partial charge in [-0.1, -0.05) is 6.07 Å². The number of halogens is 1. The first-order valence-electron chi connectivity index (χ1n) is 8.63. The number of ether oxygens (including phenoxy) is 2. The van der Waals surface area contributed by atoms with Crippen LogP contribution in [0.3, 0.4) is 0 Å². The molecule has 0 unspecified atom stereocenters. The molecule has 0 aliphatic carbocycles. The summed E-state index contributed by atoms with van der Waals surface area (Å²) in [5, 5.41) is 6.57. The topological polar surface area (TPSA) is 72.5 Å². The van der Waals surface area contributed by atoms with Crippen LogP contribution in [0.1, 0.15) is 15.2 Å². The Morgan fingerprint density at radius 2 is 2.11 bits per heavy atom. The number of methoxy groups -OCH3 is 1. The van der Waals surface area contributed by atoms with Gasteiger partial charge in [0.15, 0.2) is 5.06 Å². The van der Waals surface area contributed by atoms with Gasteiger partial charge < -0.3 is 20.1 Å². The maximum Gasteiger partial charge on any atom is 0.253 e. The van der Waals surface area contributed by atoms with Crippen LogP contribution in [0.4, 0.5) is 10.2 Å². The van der Waals surface area contributed by atoms with E-state index in [0.717, 1.165) is 4.88 Å². The van der Waals surface area contributed by atoms with E-state index in [2.05, 4.69) is 15.6 Å². The van der Waals surface area contributed by atoms with Gasteiger partial charge in [0.2, 0.25) is 0 Å². The van der Waals surface area contributed by atoms with E-state index in [4.69, 9.17) is 9.47 Å². The third-order valence-electron chi connectivity index (χ3n) is 3.71. The number of rotatable bonds is 9. The summed E-state index contributed by atoms with van der Waals surface area (Å²) in [6, 6.07) is 13.1. The molecule has 1 amide bonds. The van der Waals surface area contributed by atoms with Gasteiger partial charge in [0.25, 0.3) is 5.91 Å². The second-order valence-electron chi connectivity index (χ2n) is 5.81. The van der Waals surface area contributed by atoms with E-state index >= 15 is 0 Å². The summed E-state index contributed by atoms with van der Waals surface area (Å²) in [4.78, 5) is 17.4. The lowest BCUT2D eigenvalue weighted by molar-refractivity contribution is 0.0951. The molecule has 146 valence electrons. The van der Waals surface area contributed by atoms with Crippen LogP contribution in [0, 0.1) is 5.82 Å². The molecule has 0 fully saturated rings. The van der Waals surface area contributed by atoms with E-state index < -0.39 is 0 Å². The Morgan fingerprint density at radius 1 is 1.21 bits per heavy atom. The van der Waals surface area contributed by atoms with Crippen LogP contribution in [-0.4, -0.2) is 31.2 Å². The van der Waals surface area contributed by atoms with E-state index in [1.807, 2.05) is 6.07 Å². The van der Waals surface area contributed by atoms with Crippen molar-refractivity contribution in [2.75, 3.05) is 25.6 Å². The summed E-state index contributed by atoms with van der Waals surface area (Å²) >= 11 is 1.39. The first-order valence-corrected chi connectivity index (χ1v) is 9.45. The number of nitrogens with one attached hydrogen (secondary N) is 2. The van der Waals surface area contributed by atoms with Crippen LogP contribution in [0.5, 0.6) is 10.8 Å². The molecule has 3 aromatic rings. The molecule has 0 atom stereocenters. The quantitative estimate of drug-likeness (QED) is 0.529. The van der Waals surface area contributed by atoms with E-state index in [1.54, 1.807) is 37.4 Å². The average Bonchev–Trinajstić information content (AvgIpc) is 3.14. The number of carbonyl (C=O) groups is 1. The van der Waals surface area contributed by atoms with Gasteiger partial charge in [-0.05, 0) is 36.4 Å². The van der Waals surface area contributed by atoms with Crippen molar-refractivity contribution in [2.24, 2.45) is 0 Å². The number of benzene rings is 1. The average molecular weight is 401 g/mol. The number of nitrogens with zero attached hydrogens (tertiary/aromatic N) is 1. The van der Waals surface area contributed by atoms with Crippen LogP contribution < -0.4 is 15.4 Å². The van der Waals surface area contributed by atoms with Crippen LogP contribution >= 0.6 is 11.3 Å². The lowest BCUT2D eigenvalue weighted by Crippen LogP contribution is -2.22. The third-order valence-corrected chi connectivity index (χ3v) is 4.68. The molecule has 6 nitrogen and oxygen atoms in total. The maximum absolute atomic E-state index is 13.2. The lowest BCUT2D eigenvalue weighted by Gasteiger charge is -2.06. The number of hydrogen-bond acceptors (Lipinski definition) is 6. The number of thiophene rings is 1. The second-order valence-corrected chi connectivity index (χ2v) is 6.95. The predicted molar refractivity (Wildman–Crippen MR) is 107 cm³/mol. The minimum atomic E-state index is -0.352. The number of hydrogen-bond donors (Lipinski definition) is 2. The fraction of sp³-hybridized carbons (Fsp3) is 0.200. The van der Waals surface area contributed by atoms with Gasteiger partial charge in [0.1, 0.15) is 17.4 Å². The zero-order valence-corrected chi connectivity index (χ0v) is 16.1.